The van der Waals surface area contributed by atoms with Crippen LogP contribution in [0.1, 0.15) is 29.5 Å². The minimum absolute atomic E-state index is 0.384. The van der Waals surface area contributed by atoms with Crippen LogP contribution in [-0.4, -0.2) is 11.1 Å². The van der Waals surface area contributed by atoms with Gasteiger partial charge in [-0.3, -0.25) is 4.79 Å². The van der Waals surface area contributed by atoms with Crippen LogP contribution >= 0.6 is 0 Å². The van der Waals surface area contributed by atoms with E-state index >= 15 is 0 Å². The minimum Gasteiger partial charge on any atom is -0.481 e. The topological polar surface area (TPSA) is 37.3 Å². The van der Waals surface area contributed by atoms with E-state index < -0.39 is 17.2 Å². The molecular weight excluding hydrogens is 195 g/mol. The number of halogens is 1. The van der Waals surface area contributed by atoms with Crippen molar-refractivity contribution < 1.29 is 14.3 Å². The Bertz CT molecular complexity index is 433. The third-order valence-corrected chi connectivity index (χ3v) is 3.32. The summed E-state index contributed by atoms with van der Waals surface area (Å²) in [6, 6.07) is 3.05. The van der Waals surface area contributed by atoms with Gasteiger partial charge in [0.15, 0.2) is 0 Å². The Kier molecular flexibility index (Phi) is 2.07. The number of hydrogen-bond donors (Lipinski definition) is 1. The smallest absolute Gasteiger partial charge is 0.314 e. The predicted molar refractivity (Wildman–Crippen MR) is 54.4 cm³/mol. The molecule has 15 heavy (non-hydrogen) atoms. The number of carboxylic acids is 1. The van der Waals surface area contributed by atoms with E-state index in [1.165, 1.54) is 6.07 Å². The molecule has 0 bridgehead atoms. The number of aryl methyl sites for hydroxylation is 1. The number of benzene rings is 1. The van der Waals surface area contributed by atoms with E-state index in [0.717, 1.165) is 11.1 Å². The van der Waals surface area contributed by atoms with Gasteiger partial charge in [-0.1, -0.05) is 6.07 Å². The van der Waals surface area contributed by atoms with Crippen molar-refractivity contribution in [2.75, 3.05) is 0 Å². The van der Waals surface area contributed by atoms with Crippen molar-refractivity contribution in [1.29, 1.82) is 0 Å². The molecule has 1 aliphatic rings. The van der Waals surface area contributed by atoms with Crippen LogP contribution in [0.2, 0.25) is 0 Å². The van der Waals surface area contributed by atoms with Gasteiger partial charge < -0.3 is 5.11 Å². The summed E-state index contributed by atoms with van der Waals surface area (Å²) in [7, 11) is 0. The second kappa shape index (κ2) is 3.05. The molecule has 80 valence electrons. The maximum atomic E-state index is 13.7. The van der Waals surface area contributed by atoms with Crippen LogP contribution in [0, 0.1) is 19.7 Å². The highest BCUT2D eigenvalue weighted by molar-refractivity contribution is 5.85. The molecule has 0 atom stereocenters. The van der Waals surface area contributed by atoms with Crippen molar-refractivity contribution in [1.82, 2.24) is 0 Å². The summed E-state index contributed by atoms with van der Waals surface area (Å²) in [5.41, 5.74) is 1.16. The molecule has 0 saturated heterocycles. The fourth-order valence-electron chi connectivity index (χ4n) is 2.07. The molecule has 0 aromatic heterocycles. The van der Waals surface area contributed by atoms with Crippen LogP contribution in [0.3, 0.4) is 0 Å². The zero-order chi connectivity index (χ0) is 11.2. The third-order valence-electron chi connectivity index (χ3n) is 3.32. The van der Waals surface area contributed by atoms with Crippen molar-refractivity contribution in [3.63, 3.8) is 0 Å². The van der Waals surface area contributed by atoms with Gasteiger partial charge in [-0.05, 0) is 43.9 Å². The fourth-order valence-corrected chi connectivity index (χ4v) is 2.07. The standard InChI is InChI=1S/C12H13FO2/c1-7-3-4-9(13)10(8(7)2)12(5-6-12)11(14)15/h3-4H,5-6H2,1-2H3,(H,14,15). The SMILES string of the molecule is Cc1ccc(F)c(C2(C(=O)O)CC2)c1C. The zero-order valence-corrected chi connectivity index (χ0v) is 8.80. The fraction of sp³-hybridized carbons (Fsp3) is 0.417. The highest BCUT2D eigenvalue weighted by Crippen LogP contribution is 2.50. The molecular formula is C12H13FO2. The molecule has 0 amide bonds. The monoisotopic (exact) mass is 208 g/mol. The van der Waals surface area contributed by atoms with E-state index in [1.807, 2.05) is 6.92 Å². The number of rotatable bonds is 2. The number of carbonyl (C=O) groups is 1. The normalized spacial score (nSPS) is 17.5. The average molecular weight is 208 g/mol. The van der Waals surface area contributed by atoms with Crippen LogP contribution in [0.25, 0.3) is 0 Å². The Hall–Kier alpha value is -1.38. The molecule has 1 N–H and O–H groups in total. The van der Waals surface area contributed by atoms with Crippen LogP contribution in [0.15, 0.2) is 12.1 Å². The van der Waals surface area contributed by atoms with E-state index in [4.69, 9.17) is 5.11 Å². The first-order valence-electron chi connectivity index (χ1n) is 4.98. The van der Waals surface area contributed by atoms with Crippen LogP contribution in [0.5, 0.6) is 0 Å². The quantitative estimate of drug-likeness (QED) is 0.811. The van der Waals surface area contributed by atoms with E-state index in [-0.39, 0.29) is 0 Å². The lowest BCUT2D eigenvalue weighted by atomic mass is 9.89. The van der Waals surface area contributed by atoms with Crippen molar-refractivity contribution in [3.8, 4) is 0 Å². The first-order valence-corrected chi connectivity index (χ1v) is 4.98. The first kappa shape index (κ1) is 10.1. The van der Waals surface area contributed by atoms with Gasteiger partial charge in [0.25, 0.3) is 0 Å². The molecule has 2 nitrogen and oxygen atoms in total. The predicted octanol–water partition coefficient (Wildman–Crippen LogP) is 2.56. The van der Waals surface area contributed by atoms with Gasteiger partial charge in [0, 0.05) is 5.56 Å². The van der Waals surface area contributed by atoms with Crippen molar-refractivity contribution in [3.05, 3.63) is 34.6 Å². The lowest BCUT2D eigenvalue weighted by Gasteiger charge is -2.16. The summed E-state index contributed by atoms with van der Waals surface area (Å²) in [6.45, 7) is 3.66. The molecule has 1 aromatic carbocycles. The van der Waals surface area contributed by atoms with Gasteiger partial charge >= 0.3 is 5.97 Å². The van der Waals surface area contributed by atoms with Gasteiger partial charge in [0.1, 0.15) is 5.82 Å². The maximum absolute atomic E-state index is 13.7. The van der Waals surface area contributed by atoms with Gasteiger partial charge in [-0.25, -0.2) is 4.39 Å². The lowest BCUT2D eigenvalue weighted by molar-refractivity contribution is -0.140. The number of hydrogen-bond acceptors (Lipinski definition) is 1. The van der Waals surface area contributed by atoms with E-state index in [0.29, 0.717) is 18.4 Å². The lowest BCUT2D eigenvalue weighted by Crippen LogP contribution is -2.22. The van der Waals surface area contributed by atoms with Crippen LogP contribution in [-0.2, 0) is 10.2 Å². The summed E-state index contributed by atoms with van der Waals surface area (Å²) >= 11 is 0. The van der Waals surface area contributed by atoms with Crippen molar-refractivity contribution in [2.24, 2.45) is 0 Å². The maximum Gasteiger partial charge on any atom is 0.314 e. The molecule has 1 saturated carbocycles. The Balaban J connectivity index is 2.62. The second-order valence-corrected chi connectivity index (χ2v) is 4.25. The summed E-state index contributed by atoms with van der Waals surface area (Å²) in [5.74, 6) is -1.30. The molecule has 0 radical (unpaired) electrons. The highest BCUT2D eigenvalue weighted by atomic mass is 19.1. The molecule has 0 spiro atoms. The molecule has 0 heterocycles. The van der Waals surface area contributed by atoms with E-state index in [1.54, 1.807) is 13.0 Å². The number of carboxylic acid groups (broad SMARTS) is 1. The van der Waals surface area contributed by atoms with Gasteiger partial charge in [0.2, 0.25) is 0 Å². The summed E-state index contributed by atoms with van der Waals surface area (Å²) < 4.78 is 13.7. The number of aliphatic carboxylic acids is 1. The van der Waals surface area contributed by atoms with Crippen molar-refractivity contribution in [2.45, 2.75) is 32.1 Å². The Labute approximate surface area is 87.7 Å². The second-order valence-electron chi connectivity index (χ2n) is 4.25. The van der Waals surface area contributed by atoms with Crippen LogP contribution < -0.4 is 0 Å². The molecule has 1 aromatic rings. The summed E-state index contributed by atoms with van der Waals surface area (Å²) in [4.78, 5) is 11.1. The van der Waals surface area contributed by atoms with Gasteiger partial charge in [0.05, 0.1) is 5.41 Å². The summed E-state index contributed by atoms with van der Waals surface area (Å²) in [6.07, 6.45) is 1.09. The van der Waals surface area contributed by atoms with E-state index in [2.05, 4.69) is 0 Å². The average Bonchev–Trinajstić information content (AvgIpc) is 2.93. The Morgan fingerprint density at radius 2 is 2.00 bits per heavy atom. The van der Waals surface area contributed by atoms with Crippen LogP contribution in [0.4, 0.5) is 4.39 Å². The summed E-state index contributed by atoms with van der Waals surface area (Å²) in [5, 5.41) is 9.13. The molecule has 2 rings (SSSR count). The Morgan fingerprint density at radius 3 is 2.47 bits per heavy atom. The molecule has 1 fully saturated rings. The highest BCUT2D eigenvalue weighted by Gasteiger charge is 2.54. The molecule has 3 heteroatoms. The zero-order valence-electron chi connectivity index (χ0n) is 8.80. The molecule has 0 unspecified atom stereocenters. The van der Waals surface area contributed by atoms with Gasteiger partial charge in [-0.2, -0.15) is 0 Å². The third kappa shape index (κ3) is 1.34. The van der Waals surface area contributed by atoms with Gasteiger partial charge in [-0.15, -0.1) is 0 Å². The Morgan fingerprint density at radius 1 is 1.40 bits per heavy atom. The minimum atomic E-state index is -0.944. The largest absolute Gasteiger partial charge is 0.481 e. The van der Waals surface area contributed by atoms with E-state index in [9.17, 15) is 9.18 Å². The van der Waals surface area contributed by atoms with Crippen molar-refractivity contribution >= 4 is 5.97 Å². The molecule has 0 aliphatic heterocycles. The first-order chi connectivity index (χ1) is 6.99. The molecule has 1 aliphatic carbocycles.